The molecular formula is C31H22Cl2F3N3OS. The van der Waals surface area contributed by atoms with Gasteiger partial charge in [-0.3, -0.25) is 9.78 Å². The van der Waals surface area contributed by atoms with Crippen molar-refractivity contribution in [2.45, 2.75) is 24.6 Å². The van der Waals surface area contributed by atoms with Gasteiger partial charge >= 0.3 is 6.18 Å². The molecule has 1 unspecified atom stereocenters. The second kappa shape index (κ2) is 12.0. The fourth-order valence-electron chi connectivity index (χ4n) is 4.61. The summed E-state index contributed by atoms with van der Waals surface area (Å²) in [5, 5.41) is 6.21. The maximum Gasteiger partial charge on any atom is 0.416 e. The third-order valence-corrected chi connectivity index (χ3v) is 8.15. The molecule has 0 aliphatic carbocycles. The molecule has 1 N–H and O–H groups in total. The third-order valence-electron chi connectivity index (χ3n) is 6.60. The Morgan fingerprint density at radius 1 is 0.854 bits per heavy atom. The Morgan fingerprint density at radius 3 is 2.22 bits per heavy atom. The molecule has 208 valence electrons. The zero-order valence-corrected chi connectivity index (χ0v) is 23.7. The maximum atomic E-state index is 13.8. The van der Waals surface area contributed by atoms with E-state index in [9.17, 15) is 18.0 Å². The van der Waals surface area contributed by atoms with Crippen LogP contribution in [0.1, 0.15) is 43.4 Å². The number of pyridine rings is 1. The van der Waals surface area contributed by atoms with Crippen LogP contribution in [0.2, 0.25) is 10.0 Å². The predicted octanol–water partition coefficient (Wildman–Crippen LogP) is 8.37. The standard InChI is InChI=1S/C31H22Cl2F3N3OS/c32-24-12-7-13-25(33)23(24)17-28-38-26(19-41-28)29(40)39-30(27-14-4-5-15-37-27,18-20-8-2-1-3-9-20)21-10-6-11-22(16-21)31(34,35)36/h1-16,19H,17-18H2,(H,39,40). The molecule has 5 aromatic rings. The lowest BCUT2D eigenvalue weighted by molar-refractivity contribution is -0.137. The molecule has 5 rings (SSSR count). The van der Waals surface area contributed by atoms with E-state index in [4.69, 9.17) is 23.2 Å². The molecule has 0 aliphatic heterocycles. The van der Waals surface area contributed by atoms with Gasteiger partial charge in [-0.15, -0.1) is 11.3 Å². The number of amides is 1. The SMILES string of the molecule is O=C(NC(Cc1ccccc1)(c1cccc(C(F)(F)F)c1)c1ccccn1)c1csc(Cc2c(Cl)cccc2Cl)n1. The van der Waals surface area contributed by atoms with Gasteiger partial charge in [0.1, 0.15) is 11.2 Å². The summed E-state index contributed by atoms with van der Waals surface area (Å²) >= 11 is 13.9. The Labute approximate surface area is 248 Å². The summed E-state index contributed by atoms with van der Waals surface area (Å²) in [6.45, 7) is 0. The molecule has 0 bridgehead atoms. The van der Waals surface area contributed by atoms with E-state index in [2.05, 4.69) is 15.3 Å². The second-order valence-corrected chi connectivity index (χ2v) is 11.1. The van der Waals surface area contributed by atoms with Crippen LogP contribution in [0.5, 0.6) is 0 Å². The number of nitrogens with zero attached hydrogens (tertiary/aromatic N) is 2. The fourth-order valence-corrected chi connectivity index (χ4v) is 5.92. The molecule has 2 aromatic heterocycles. The molecule has 3 aromatic carbocycles. The first-order chi connectivity index (χ1) is 19.7. The van der Waals surface area contributed by atoms with E-state index in [1.54, 1.807) is 54.0 Å². The van der Waals surface area contributed by atoms with E-state index in [0.29, 0.717) is 32.7 Å². The highest BCUT2D eigenvalue weighted by Crippen LogP contribution is 2.37. The van der Waals surface area contributed by atoms with E-state index >= 15 is 0 Å². The molecule has 4 nitrogen and oxygen atoms in total. The van der Waals surface area contributed by atoms with Crippen molar-refractivity contribution in [2.24, 2.45) is 0 Å². The van der Waals surface area contributed by atoms with Crippen molar-refractivity contribution < 1.29 is 18.0 Å². The minimum atomic E-state index is -4.58. The van der Waals surface area contributed by atoms with Gasteiger partial charge in [0, 0.05) is 34.5 Å². The number of benzene rings is 3. The van der Waals surface area contributed by atoms with Crippen LogP contribution in [0.3, 0.4) is 0 Å². The lowest BCUT2D eigenvalue weighted by Crippen LogP contribution is -2.49. The van der Waals surface area contributed by atoms with Crippen molar-refractivity contribution in [3.05, 3.63) is 151 Å². The Morgan fingerprint density at radius 2 is 1.54 bits per heavy atom. The summed E-state index contributed by atoms with van der Waals surface area (Å²) < 4.78 is 41.5. The van der Waals surface area contributed by atoms with E-state index in [1.165, 1.54) is 17.4 Å². The lowest BCUT2D eigenvalue weighted by Gasteiger charge is -2.35. The predicted molar refractivity (Wildman–Crippen MR) is 155 cm³/mol. The van der Waals surface area contributed by atoms with Gasteiger partial charge in [-0.2, -0.15) is 13.2 Å². The van der Waals surface area contributed by atoms with Crippen molar-refractivity contribution >= 4 is 40.4 Å². The first-order valence-electron chi connectivity index (χ1n) is 12.5. The highest BCUT2D eigenvalue weighted by Gasteiger charge is 2.40. The topological polar surface area (TPSA) is 54.9 Å². The minimum absolute atomic E-state index is 0.119. The molecule has 2 heterocycles. The van der Waals surface area contributed by atoms with Crippen LogP contribution in [-0.4, -0.2) is 15.9 Å². The number of thiazole rings is 1. The van der Waals surface area contributed by atoms with Gasteiger partial charge < -0.3 is 5.32 Å². The smallest absolute Gasteiger partial charge is 0.335 e. The van der Waals surface area contributed by atoms with Crippen molar-refractivity contribution in [1.29, 1.82) is 0 Å². The molecule has 0 aliphatic rings. The highest BCUT2D eigenvalue weighted by atomic mass is 35.5. The average Bonchev–Trinajstić information content (AvgIpc) is 3.44. The second-order valence-electron chi connectivity index (χ2n) is 9.32. The summed E-state index contributed by atoms with van der Waals surface area (Å²) in [7, 11) is 0. The summed E-state index contributed by atoms with van der Waals surface area (Å²) in [5.74, 6) is -0.559. The Kier molecular flexibility index (Phi) is 8.45. The van der Waals surface area contributed by atoms with E-state index in [0.717, 1.165) is 17.7 Å². The van der Waals surface area contributed by atoms with Gasteiger partial charge in [0.05, 0.1) is 16.3 Å². The molecule has 0 saturated carbocycles. The fraction of sp³-hybridized carbons (Fsp3) is 0.129. The minimum Gasteiger partial charge on any atom is -0.335 e. The van der Waals surface area contributed by atoms with Crippen LogP contribution in [0, 0.1) is 0 Å². The summed E-state index contributed by atoms with van der Waals surface area (Å²) in [6.07, 6.45) is -2.57. The molecule has 0 spiro atoms. The van der Waals surface area contributed by atoms with Gasteiger partial charge in [-0.05, 0) is 53.1 Å². The first-order valence-corrected chi connectivity index (χ1v) is 14.1. The summed E-state index contributed by atoms with van der Waals surface area (Å²) in [5.41, 5.74) is -0.0529. The highest BCUT2D eigenvalue weighted by molar-refractivity contribution is 7.09. The van der Waals surface area contributed by atoms with Crippen molar-refractivity contribution in [3.63, 3.8) is 0 Å². The first kappa shape index (κ1) is 28.8. The quantitative estimate of drug-likeness (QED) is 0.192. The number of nitrogens with one attached hydrogen (secondary N) is 1. The number of carbonyl (C=O) groups excluding carboxylic acids is 1. The van der Waals surface area contributed by atoms with Crippen LogP contribution in [0.4, 0.5) is 13.2 Å². The summed E-state index contributed by atoms with van der Waals surface area (Å²) in [4.78, 5) is 22.8. The summed E-state index contributed by atoms with van der Waals surface area (Å²) in [6, 6.07) is 24.5. The molecular weight excluding hydrogens is 590 g/mol. The molecule has 0 saturated heterocycles. The van der Waals surface area contributed by atoms with Crippen LogP contribution < -0.4 is 5.32 Å². The van der Waals surface area contributed by atoms with Gasteiger partial charge in [-0.25, -0.2) is 4.98 Å². The maximum absolute atomic E-state index is 13.8. The van der Waals surface area contributed by atoms with Crippen LogP contribution in [-0.2, 0) is 24.6 Å². The van der Waals surface area contributed by atoms with Gasteiger partial charge in [0.2, 0.25) is 0 Å². The van der Waals surface area contributed by atoms with Crippen LogP contribution >= 0.6 is 34.5 Å². The van der Waals surface area contributed by atoms with E-state index in [-0.39, 0.29) is 17.7 Å². The van der Waals surface area contributed by atoms with E-state index in [1.807, 2.05) is 30.3 Å². The largest absolute Gasteiger partial charge is 0.416 e. The normalized spacial score (nSPS) is 13.0. The van der Waals surface area contributed by atoms with Crippen molar-refractivity contribution in [2.75, 3.05) is 0 Å². The van der Waals surface area contributed by atoms with Gasteiger partial charge in [0.25, 0.3) is 5.91 Å². The van der Waals surface area contributed by atoms with Crippen LogP contribution in [0.15, 0.2) is 103 Å². The number of hydrogen-bond donors (Lipinski definition) is 1. The number of rotatable bonds is 8. The van der Waals surface area contributed by atoms with Gasteiger partial charge in [-0.1, -0.05) is 77.8 Å². The Balaban J connectivity index is 1.58. The van der Waals surface area contributed by atoms with Crippen molar-refractivity contribution in [1.82, 2.24) is 15.3 Å². The molecule has 1 atom stereocenters. The molecule has 0 radical (unpaired) electrons. The average molecular weight is 613 g/mol. The lowest BCUT2D eigenvalue weighted by atomic mass is 9.79. The molecule has 41 heavy (non-hydrogen) atoms. The zero-order chi connectivity index (χ0) is 29.0. The molecule has 0 fully saturated rings. The van der Waals surface area contributed by atoms with Crippen molar-refractivity contribution in [3.8, 4) is 0 Å². The Bertz CT molecular complexity index is 1640. The number of carbonyl (C=O) groups is 1. The third kappa shape index (κ3) is 6.45. The molecule has 1 amide bonds. The number of halogens is 5. The Hall–Kier alpha value is -3.72. The van der Waals surface area contributed by atoms with Gasteiger partial charge in [0.15, 0.2) is 0 Å². The molecule has 10 heteroatoms. The van der Waals surface area contributed by atoms with E-state index < -0.39 is 23.2 Å². The number of hydrogen-bond acceptors (Lipinski definition) is 4. The monoisotopic (exact) mass is 611 g/mol. The zero-order valence-electron chi connectivity index (χ0n) is 21.3. The number of aromatic nitrogens is 2. The van der Waals surface area contributed by atoms with Crippen LogP contribution in [0.25, 0.3) is 0 Å². The number of alkyl halides is 3.